The smallest absolute Gasteiger partial charge is 0.179 e. The van der Waals surface area contributed by atoms with Crippen LogP contribution >= 0.6 is 0 Å². The molecule has 76 valence electrons. The summed E-state index contributed by atoms with van der Waals surface area (Å²) in [6.45, 7) is 0.333. The number of rotatable bonds is 2. The van der Waals surface area contributed by atoms with Gasteiger partial charge in [0.15, 0.2) is 15.3 Å². The van der Waals surface area contributed by atoms with Crippen molar-refractivity contribution in [2.24, 2.45) is 0 Å². The summed E-state index contributed by atoms with van der Waals surface area (Å²) in [6.07, 6.45) is 0.461. The van der Waals surface area contributed by atoms with E-state index in [0.717, 1.165) is 5.56 Å². The normalized spacial score (nSPS) is 25.0. The molecule has 1 aliphatic heterocycles. The van der Waals surface area contributed by atoms with E-state index in [1.165, 1.54) is 0 Å². The number of ether oxygens (including phenoxy) is 1. The highest BCUT2D eigenvalue weighted by molar-refractivity contribution is 7.92. The predicted molar refractivity (Wildman–Crippen MR) is 53.7 cm³/mol. The Morgan fingerprint density at radius 3 is 2.57 bits per heavy atom. The maximum atomic E-state index is 11.4. The van der Waals surface area contributed by atoms with Gasteiger partial charge >= 0.3 is 0 Å². The van der Waals surface area contributed by atoms with E-state index in [0.29, 0.717) is 13.0 Å². The van der Waals surface area contributed by atoms with Gasteiger partial charge in [-0.15, -0.1) is 0 Å². The Bertz CT molecular complexity index is 397. The summed E-state index contributed by atoms with van der Waals surface area (Å²) in [5.74, 6) is 0.157. The summed E-state index contributed by atoms with van der Waals surface area (Å²) in [6, 6.07) is 9.54. The van der Waals surface area contributed by atoms with Gasteiger partial charge in [-0.25, -0.2) is 8.42 Å². The van der Waals surface area contributed by atoms with E-state index in [9.17, 15) is 8.42 Å². The number of hydrogen-bond donors (Lipinski definition) is 0. The molecule has 2 rings (SSSR count). The molecular formula is C10H12O3S. The molecule has 1 atom stereocenters. The number of benzene rings is 1. The Hall–Kier alpha value is -0.870. The molecule has 0 spiro atoms. The first-order valence-electron chi connectivity index (χ1n) is 4.55. The van der Waals surface area contributed by atoms with Gasteiger partial charge in [0.05, 0.1) is 12.4 Å². The molecule has 0 saturated carbocycles. The van der Waals surface area contributed by atoms with Crippen LogP contribution in [0, 0.1) is 0 Å². The third-order valence-corrected chi connectivity index (χ3v) is 4.16. The molecule has 0 bridgehead atoms. The van der Waals surface area contributed by atoms with Gasteiger partial charge in [0.2, 0.25) is 0 Å². The quantitative estimate of drug-likeness (QED) is 0.734. The van der Waals surface area contributed by atoms with Gasteiger partial charge in [0, 0.05) is 6.42 Å². The van der Waals surface area contributed by atoms with E-state index in [2.05, 4.69) is 0 Å². The molecule has 0 amide bonds. The predicted octanol–water partition coefficient (Wildman–Crippen LogP) is 1.00. The minimum Gasteiger partial charge on any atom is -0.361 e. The van der Waals surface area contributed by atoms with Crippen molar-refractivity contribution in [3.63, 3.8) is 0 Å². The van der Waals surface area contributed by atoms with E-state index >= 15 is 0 Å². The first-order chi connectivity index (χ1) is 6.68. The lowest BCUT2D eigenvalue weighted by Gasteiger charge is -2.08. The topological polar surface area (TPSA) is 43.4 Å². The zero-order chi connectivity index (χ0) is 10.0. The lowest BCUT2D eigenvalue weighted by Crippen LogP contribution is -2.19. The second-order valence-electron chi connectivity index (χ2n) is 3.36. The van der Waals surface area contributed by atoms with E-state index < -0.39 is 15.3 Å². The molecule has 1 unspecified atom stereocenters. The molecule has 1 heterocycles. The second-order valence-corrected chi connectivity index (χ2v) is 5.62. The van der Waals surface area contributed by atoms with Crippen molar-refractivity contribution >= 4 is 9.84 Å². The largest absolute Gasteiger partial charge is 0.361 e. The summed E-state index contributed by atoms with van der Waals surface area (Å²) in [5, 5.41) is 0. The lowest BCUT2D eigenvalue weighted by atomic mass is 10.2. The third-order valence-electron chi connectivity index (χ3n) is 2.32. The molecule has 0 aromatic heterocycles. The fourth-order valence-electron chi connectivity index (χ4n) is 1.52. The van der Waals surface area contributed by atoms with E-state index in [1.54, 1.807) is 0 Å². The van der Waals surface area contributed by atoms with Crippen LogP contribution < -0.4 is 0 Å². The van der Waals surface area contributed by atoms with Gasteiger partial charge < -0.3 is 4.74 Å². The summed E-state index contributed by atoms with van der Waals surface area (Å²) < 4.78 is 28.1. The van der Waals surface area contributed by atoms with E-state index in [1.807, 2.05) is 30.3 Å². The Kier molecular flexibility index (Phi) is 2.56. The first kappa shape index (κ1) is 9.68. The molecule has 3 nitrogen and oxygen atoms in total. The van der Waals surface area contributed by atoms with Gasteiger partial charge in [-0.1, -0.05) is 30.3 Å². The zero-order valence-corrected chi connectivity index (χ0v) is 8.53. The van der Waals surface area contributed by atoms with Crippen molar-refractivity contribution in [3.05, 3.63) is 35.9 Å². The molecular weight excluding hydrogens is 200 g/mol. The van der Waals surface area contributed by atoms with Crippen LogP contribution in [-0.2, 0) is 21.0 Å². The summed E-state index contributed by atoms with van der Waals surface area (Å²) in [5.41, 5.74) is 0.368. The van der Waals surface area contributed by atoms with Crippen molar-refractivity contribution in [3.8, 4) is 0 Å². The van der Waals surface area contributed by atoms with Crippen molar-refractivity contribution < 1.29 is 13.2 Å². The first-order valence-corrected chi connectivity index (χ1v) is 6.27. The van der Waals surface area contributed by atoms with Gasteiger partial charge in [0.1, 0.15) is 0 Å². The van der Waals surface area contributed by atoms with Crippen LogP contribution in [0.15, 0.2) is 30.3 Å². The molecule has 1 aromatic rings. The highest BCUT2D eigenvalue weighted by atomic mass is 32.2. The molecule has 1 fully saturated rings. The van der Waals surface area contributed by atoms with Gasteiger partial charge in [-0.3, -0.25) is 0 Å². The minimum absolute atomic E-state index is 0.157. The molecule has 1 saturated heterocycles. The summed E-state index contributed by atoms with van der Waals surface area (Å²) in [7, 11) is -3.01. The standard InChI is InChI=1S/C10H12O3S/c11-14(12)7-6-13-10(14)8-9-4-2-1-3-5-9/h1-5,10H,6-8H2. The minimum atomic E-state index is -3.01. The fraction of sp³-hybridized carbons (Fsp3) is 0.400. The van der Waals surface area contributed by atoms with Crippen LogP contribution in [0.25, 0.3) is 0 Å². The van der Waals surface area contributed by atoms with Crippen molar-refractivity contribution in [2.75, 3.05) is 12.4 Å². The molecule has 14 heavy (non-hydrogen) atoms. The Balaban J connectivity index is 2.13. The maximum absolute atomic E-state index is 11.4. The Morgan fingerprint density at radius 2 is 2.00 bits per heavy atom. The van der Waals surface area contributed by atoms with Crippen LogP contribution in [0.3, 0.4) is 0 Å². The maximum Gasteiger partial charge on any atom is 0.179 e. The van der Waals surface area contributed by atoms with Crippen LogP contribution in [0.4, 0.5) is 0 Å². The van der Waals surface area contributed by atoms with Gasteiger partial charge in [0.25, 0.3) is 0 Å². The van der Waals surface area contributed by atoms with Crippen LogP contribution in [0.1, 0.15) is 5.56 Å². The lowest BCUT2D eigenvalue weighted by molar-refractivity contribution is 0.140. The monoisotopic (exact) mass is 212 g/mol. The zero-order valence-electron chi connectivity index (χ0n) is 7.72. The van der Waals surface area contributed by atoms with Crippen LogP contribution in [0.2, 0.25) is 0 Å². The molecule has 1 aliphatic rings. The number of sulfone groups is 1. The molecule has 0 N–H and O–H groups in total. The van der Waals surface area contributed by atoms with Crippen molar-refractivity contribution in [1.29, 1.82) is 0 Å². The van der Waals surface area contributed by atoms with Gasteiger partial charge in [-0.05, 0) is 5.56 Å². The average Bonchev–Trinajstić information content (AvgIpc) is 2.48. The van der Waals surface area contributed by atoms with Crippen molar-refractivity contribution in [2.45, 2.75) is 11.9 Å². The third kappa shape index (κ3) is 1.96. The SMILES string of the molecule is O=S1(=O)CCOC1Cc1ccccc1. The average molecular weight is 212 g/mol. The summed E-state index contributed by atoms with van der Waals surface area (Å²) in [4.78, 5) is 0. The Morgan fingerprint density at radius 1 is 1.29 bits per heavy atom. The van der Waals surface area contributed by atoms with Crippen molar-refractivity contribution in [1.82, 2.24) is 0 Å². The van der Waals surface area contributed by atoms with Gasteiger partial charge in [-0.2, -0.15) is 0 Å². The fourth-order valence-corrected chi connectivity index (χ4v) is 2.86. The second kappa shape index (κ2) is 3.71. The highest BCUT2D eigenvalue weighted by Gasteiger charge is 2.32. The molecule has 4 heteroatoms. The Labute approximate surface area is 83.6 Å². The molecule has 1 aromatic carbocycles. The summed E-state index contributed by atoms with van der Waals surface area (Å²) >= 11 is 0. The molecule has 0 radical (unpaired) electrons. The molecule has 0 aliphatic carbocycles. The van der Waals surface area contributed by atoms with E-state index in [-0.39, 0.29) is 5.75 Å². The van der Waals surface area contributed by atoms with E-state index in [4.69, 9.17) is 4.74 Å². The van der Waals surface area contributed by atoms with Crippen LogP contribution in [-0.4, -0.2) is 26.2 Å². The highest BCUT2D eigenvalue weighted by Crippen LogP contribution is 2.17. The number of hydrogen-bond acceptors (Lipinski definition) is 3. The van der Waals surface area contributed by atoms with Crippen LogP contribution in [0.5, 0.6) is 0 Å².